The molecule has 25 heavy (non-hydrogen) atoms. The molecular formula is C17H21N3O4S. The second-order valence-corrected chi connectivity index (χ2v) is 9.37. The van der Waals surface area contributed by atoms with E-state index in [1.54, 1.807) is 12.3 Å². The van der Waals surface area contributed by atoms with Crippen LogP contribution in [-0.4, -0.2) is 53.7 Å². The highest BCUT2D eigenvalue weighted by Gasteiger charge is 2.61. The first-order valence-corrected chi connectivity index (χ1v) is 10.0. The van der Waals surface area contributed by atoms with Gasteiger partial charge in [0.1, 0.15) is 10.5 Å². The lowest BCUT2D eigenvalue weighted by atomic mass is 9.83. The molecule has 4 heterocycles. The van der Waals surface area contributed by atoms with Gasteiger partial charge in [-0.15, -0.1) is 0 Å². The molecule has 7 nitrogen and oxygen atoms in total. The van der Waals surface area contributed by atoms with Crippen molar-refractivity contribution in [2.75, 3.05) is 25.4 Å². The van der Waals surface area contributed by atoms with Gasteiger partial charge >= 0.3 is 0 Å². The fraction of sp³-hybridized carbons (Fsp3) is 0.529. The maximum atomic E-state index is 12.7. The predicted octanol–water partition coefficient (Wildman–Crippen LogP) is 1.45. The molecule has 1 unspecified atom stereocenters. The highest BCUT2D eigenvalue weighted by atomic mass is 32.2. The van der Waals surface area contributed by atoms with Crippen LogP contribution in [0.3, 0.4) is 0 Å². The summed E-state index contributed by atoms with van der Waals surface area (Å²) in [6, 6.07) is 7.35. The summed E-state index contributed by atoms with van der Waals surface area (Å²) in [5, 5.41) is 3.98. The third-order valence-corrected chi connectivity index (χ3v) is 7.82. The van der Waals surface area contributed by atoms with Gasteiger partial charge in [-0.2, -0.15) is 0 Å². The van der Waals surface area contributed by atoms with Gasteiger partial charge in [-0.1, -0.05) is 11.2 Å². The van der Waals surface area contributed by atoms with Crippen molar-refractivity contribution in [1.82, 2.24) is 15.0 Å². The molecule has 0 aliphatic carbocycles. The number of hydrogen-bond donors (Lipinski definition) is 0. The normalized spacial score (nSPS) is 24.3. The Kier molecular flexibility index (Phi) is 4.04. The Hall–Kier alpha value is -1.93. The highest BCUT2D eigenvalue weighted by molar-refractivity contribution is 7.93. The Bertz CT molecular complexity index is 844. The van der Waals surface area contributed by atoms with Gasteiger partial charge in [0.15, 0.2) is 9.84 Å². The highest BCUT2D eigenvalue weighted by Crippen LogP contribution is 2.45. The van der Waals surface area contributed by atoms with Crippen LogP contribution in [0.2, 0.25) is 0 Å². The second kappa shape index (κ2) is 6.10. The fourth-order valence-corrected chi connectivity index (χ4v) is 6.32. The summed E-state index contributed by atoms with van der Waals surface area (Å²) in [5.74, 6) is 1.53. The number of pyridine rings is 1. The molecule has 0 aromatic carbocycles. The largest absolute Gasteiger partial charge is 0.477 e. The maximum absolute atomic E-state index is 12.7. The van der Waals surface area contributed by atoms with E-state index in [9.17, 15) is 8.42 Å². The summed E-state index contributed by atoms with van der Waals surface area (Å²) in [5.41, 5.74) is 0.837. The van der Waals surface area contributed by atoms with Gasteiger partial charge in [-0.05, 0) is 19.4 Å². The molecule has 8 heteroatoms. The summed E-state index contributed by atoms with van der Waals surface area (Å²) in [6.45, 7) is 3.89. The minimum Gasteiger partial charge on any atom is -0.477 e. The van der Waals surface area contributed by atoms with Crippen molar-refractivity contribution in [3.05, 3.63) is 41.9 Å². The first-order valence-electron chi connectivity index (χ1n) is 8.39. The van der Waals surface area contributed by atoms with E-state index in [1.807, 2.05) is 25.1 Å². The van der Waals surface area contributed by atoms with E-state index >= 15 is 0 Å². The Morgan fingerprint density at radius 1 is 1.40 bits per heavy atom. The molecule has 134 valence electrons. The van der Waals surface area contributed by atoms with Gasteiger partial charge in [0.2, 0.25) is 5.88 Å². The summed E-state index contributed by atoms with van der Waals surface area (Å²) >= 11 is 0. The van der Waals surface area contributed by atoms with Crippen LogP contribution < -0.4 is 4.74 Å². The molecule has 2 aliphatic rings. The standard InChI is InChI=1S/C17H21N3O4S/c1-13-8-15(19-24-13)9-20-11-17(12-20)14(5-7-25(17,21)22)10-23-16-4-2-3-6-18-16/h2-4,6,8,14H,5,7,9-12H2,1H3. The zero-order valence-electron chi connectivity index (χ0n) is 14.1. The maximum Gasteiger partial charge on any atom is 0.213 e. The molecule has 2 aromatic heterocycles. The topological polar surface area (TPSA) is 85.5 Å². The number of rotatable bonds is 5. The molecule has 1 spiro atoms. The van der Waals surface area contributed by atoms with Crippen molar-refractivity contribution < 1.29 is 17.7 Å². The molecule has 0 bridgehead atoms. The Morgan fingerprint density at radius 2 is 2.24 bits per heavy atom. The van der Waals surface area contributed by atoms with Gasteiger partial charge < -0.3 is 9.26 Å². The van der Waals surface area contributed by atoms with E-state index < -0.39 is 14.6 Å². The van der Waals surface area contributed by atoms with E-state index in [-0.39, 0.29) is 11.7 Å². The molecule has 2 aliphatic heterocycles. The van der Waals surface area contributed by atoms with Crippen LogP contribution in [0.25, 0.3) is 0 Å². The van der Waals surface area contributed by atoms with Crippen molar-refractivity contribution in [3.63, 3.8) is 0 Å². The number of likely N-dealkylation sites (tertiary alicyclic amines) is 1. The first kappa shape index (κ1) is 16.5. The molecule has 1 atom stereocenters. The quantitative estimate of drug-likeness (QED) is 0.795. The molecule has 0 radical (unpaired) electrons. The molecule has 2 saturated heterocycles. The predicted molar refractivity (Wildman–Crippen MR) is 90.9 cm³/mol. The summed E-state index contributed by atoms with van der Waals surface area (Å²) in [6.07, 6.45) is 2.31. The van der Waals surface area contributed by atoms with Crippen LogP contribution in [0.5, 0.6) is 5.88 Å². The van der Waals surface area contributed by atoms with Crippen LogP contribution in [0, 0.1) is 12.8 Å². The second-order valence-electron chi connectivity index (χ2n) is 6.92. The van der Waals surface area contributed by atoms with E-state index in [0.29, 0.717) is 38.5 Å². The SMILES string of the molecule is Cc1cc(CN2CC3(C2)C(COc2ccccn2)CCS3(=O)=O)no1. The average molecular weight is 363 g/mol. The number of aryl methyl sites for hydroxylation is 1. The van der Waals surface area contributed by atoms with E-state index in [2.05, 4.69) is 15.0 Å². The minimum absolute atomic E-state index is 0.00481. The van der Waals surface area contributed by atoms with E-state index in [0.717, 1.165) is 11.5 Å². The van der Waals surface area contributed by atoms with Crippen LogP contribution >= 0.6 is 0 Å². The molecule has 2 aromatic rings. The zero-order chi connectivity index (χ0) is 17.5. The lowest BCUT2D eigenvalue weighted by molar-refractivity contribution is 0.0565. The summed E-state index contributed by atoms with van der Waals surface area (Å²) < 4.78 is 35.5. The van der Waals surface area contributed by atoms with Crippen molar-refractivity contribution in [2.24, 2.45) is 5.92 Å². The van der Waals surface area contributed by atoms with Gasteiger partial charge in [0.05, 0.1) is 18.1 Å². The van der Waals surface area contributed by atoms with Crippen LogP contribution in [0.1, 0.15) is 17.9 Å². The van der Waals surface area contributed by atoms with E-state index in [1.165, 1.54) is 0 Å². The van der Waals surface area contributed by atoms with Crippen LogP contribution in [-0.2, 0) is 16.4 Å². The average Bonchev–Trinajstić information content (AvgIpc) is 3.08. The third kappa shape index (κ3) is 2.93. The van der Waals surface area contributed by atoms with Crippen molar-refractivity contribution in [2.45, 2.75) is 24.6 Å². The summed E-state index contributed by atoms with van der Waals surface area (Å²) in [7, 11) is -3.11. The lowest BCUT2D eigenvalue weighted by Crippen LogP contribution is -2.67. The summed E-state index contributed by atoms with van der Waals surface area (Å²) in [4.78, 5) is 6.25. The van der Waals surface area contributed by atoms with Crippen LogP contribution in [0.15, 0.2) is 35.0 Å². The van der Waals surface area contributed by atoms with Gasteiger partial charge in [0.25, 0.3) is 0 Å². The number of ether oxygens (including phenoxy) is 1. The smallest absolute Gasteiger partial charge is 0.213 e. The van der Waals surface area contributed by atoms with Crippen molar-refractivity contribution in [1.29, 1.82) is 0 Å². The van der Waals surface area contributed by atoms with Gasteiger partial charge in [-0.25, -0.2) is 13.4 Å². The third-order valence-electron chi connectivity index (χ3n) is 5.21. The number of sulfone groups is 1. The minimum atomic E-state index is -3.11. The van der Waals surface area contributed by atoms with Gasteiger partial charge in [-0.3, -0.25) is 4.90 Å². The number of nitrogens with zero attached hydrogens (tertiary/aromatic N) is 3. The molecule has 0 N–H and O–H groups in total. The Labute approximate surface area is 146 Å². The molecule has 0 amide bonds. The molecule has 2 fully saturated rings. The number of hydrogen-bond acceptors (Lipinski definition) is 7. The van der Waals surface area contributed by atoms with Crippen molar-refractivity contribution in [3.8, 4) is 5.88 Å². The van der Waals surface area contributed by atoms with E-state index in [4.69, 9.17) is 9.26 Å². The monoisotopic (exact) mass is 363 g/mol. The fourth-order valence-electron chi connectivity index (χ4n) is 3.87. The Balaban J connectivity index is 1.43. The Morgan fingerprint density at radius 3 is 2.92 bits per heavy atom. The molecular weight excluding hydrogens is 342 g/mol. The lowest BCUT2D eigenvalue weighted by Gasteiger charge is -2.49. The van der Waals surface area contributed by atoms with Gasteiger partial charge in [0, 0.05) is 43.9 Å². The van der Waals surface area contributed by atoms with Crippen LogP contribution in [0.4, 0.5) is 0 Å². The molecule has 0 saturated carbocycles. The van der Waals surface area contributed by atoms with Crippen molar-refractivity contribution >= 4 is 9.84 Å². The first-order chi connectivity index (χ1) is 12.0. The zero-order valence-corrected chi connectivity index (χ0v) is 14.9. The number of aromatic nitrogens is 2. The molecule has 4 rings (SSSR count).